The highest BCUT2D eigenvalue weighted by molar-refractivity contribution is 4.90. The van der Waals surface area contributed by atoms with E-state index in [-0.39, 0.29) is 5.60 Å². The summed E-state index contributed by atoms with van der Waals surface area (Å²) in [5.74, 6) is 0. The van der Waals surface area contributed by atoms with Gasteiger partial charge in [-0.25, -0.2) is 0 Å². The first kappa shape index (κ1) is 11.4. The third-order valence-electron chi connectivity index (χ3n) is 3.93. The van der Waals surface area contributed by atoms with Gasteiger partial charge < -0.3 is 10.1 Å². The topological polar surface area (TPSA) is 21.3 Å². The molecule has 0 spiro atoms. The Morgan fingerprint density at radius 2 is 1.80 bits per heavy atom. The van der Waals surface area contributed by atoms with Gasteiger partial charge in [0, 0.05) is 6.54 Å². The molecular weight excluding hydrogens is 186 g/mol. The van der Waals surface area contributed by atoms with Crippen molar-refractivity contribution >= 4 is 0 Å². The first-order valence-electron chi connectivity index (χ1n) is 6.73. The van der Waals surface area contributed by atoms with Crippen LogP contribution in [-0.2, 0) is 4.74 Å². The van der Waals surface area contributed by atoms with E-state index in [1.807, 2.05) is 0 Å². The van der Waals surface area contributed by atoms with Crippen LogP contribution in [-0.4, -0.2) is 24.8 Å². The molecule has 2 saturated carbocycles. The first-order chi connectivity index (χ1) is 7.35. The molecular formula is C13H25NO. The highest BCUT2D eigenvalue weighted by atomic mass is 16.5. The minimum atomic E-state index is 0.199. The maximum absolute atomic E-state index is 6.40. The highest BCUT2D eigenvalue weighted by Crippen LogP contribution is 2.36. The third kappa shape index (κ3) is 2.94. The molecule has 2 rings (SSSR count). The standard InChI is InChI=1S/C13H25NO/c1-2-14-11-13(9-5-6-10-13)15-12-7-3-4-8-12/h12,14H,2-11H2,1H3. The summed E-state index contributed by atoms with van der Waals surface area (Å²) in [6, 6.07) is 0. The monoisotopic (exact) mass is 211 g/mol. The molecule has 0 amide bonds. The molecule has 2 nitrogen and oxygen atoms in total. The Hall–Kier alpha value is -0.0800. The first-order valence-corrected chi connectivity index (χ1v) is 6.73. The van der Waals surface area contributed by atoms with Crippen LogP contribution in [0.15, 0.2) is 0 Å². The summed E-state index contributed by atoms with van der Waals surface area (Å²) >= 11 is 0. The zero-order chi connectivity index (χ0) is 10.6. The number of ether oxygens (including phenoxy) is 1. The average Bonchev–Trinajstić information content (AvgIpc) is 2.88. The van der Waals surface area contributed by atoms with Gasteiger partial charge in [-0.05, 0) is 32.2 Å². The zero-order valence-electron chi connectivity index (χ0n) is 10.1. The molecule has 0 radical (unpaired) electrons. The molecule has 2 heteroatoms. The number of hydrogen-bond acceptors (Lipinski definition) is 2. The maximum atomic E-state index is 6.40. The second kappa shape index (κ2) is 5.31. The van der Waals surface area contributed by atoms with E-state index in [0.717, 1.165) is 13.1 Å². The Bertz CT molecular complexity index is 181. The van der Waals surface area contributed by atoms with Crippen molar-refractivity contribution in [3.05, 3.63) is 0 Å². The van der Waals surface area contributed by atoms with Crippen molar-refractivity contribution in [2.75, 3.05) is 13.1 Å². The molecule has 15 heavy (non-hydrogen) atoms. The van der Waals surface area contributed by atoms with Crippen molar-refractivity contribution in [1.82, 2.24) is 5.32 Å². The molecule has 0 aliphatic heterocycles. The summed E-state index contributed by atoms with van der Waals surface area (Å²) in [7, 11) is 0. The summed E-state index contributed by atoms with van der Waals surface area (Å²) < 4.78 is 6.40. The molecule has 2 aliphatic carbocycles. The van der Waals surface area contributed by atoms with Crippen LogP contribution < -0.4 is 5.32 Å². The molecule has 1 N–H and O–H groups in total. The lowest BCUT2D eigenvalue weighted by Crippen LogP contribution is -2.43. The molecule has 0 unspecified atom stereocenters. The lowest BCUT2D eigenvalue weighted by Gasteiger charge is -2.33. The third-order valence-corrected chi connectivity index (χ3v) is 3.93. The van der Waals surface area contributed by atoms with E-state index in [1.54, 1.807) is 0 Å². The van der Waals surface area contributed by atoms with Crippen molar-refractivity contribution in [3.8, 4) is 0 Å². The van der Waals surface area contributed by atoms with Crippen LogP contribution in [0.1, 0.15) is 58.3 Å². The van der Waals surface area contributed by atoms with Crippen molar-refractivity contribution in [3.63, 3.8) is 0 Å². The highest BCUT2D eigenvalue weighted by Gasteiger charge is 2.37. The fraction of sp³-hybridized carbons (Fsp3) is 1.00. The Balaban J connectivity index is 1.86. The van der Waals surface area contributed by atoms with Crippen LogP contribution in [0, 0.1) is 0 Å². The number of nitrogens with one attached hydrogen (secondary N) is 1. The van der Waals surface area contributed by atoms with Gasteiger partial charge in [0.15, 0.2) is 0 Å². The fourth-order valence-corrected chi connectivity index (χ4v) is 3.07. The fourth-order valence-electron chi connectivity index (χ4n) is 3.07. The molecule has 0 saturated heterocycles. The van der Waals surface area contributed by atoms with E-state index in [4.69, 9.17) is 4.74 Å². The van der Waals surface area contributed by atoms with Gasteiger partial charge >= 0.3 is 0 Å². The van der Waals surface area contributed by atoms with E-state index < -0.39 is 0 Å². The molecule has 88 valence electrons. The Morgan fingerprint density at radius 3 is 2.40 bits per heavy atom. The Kier molecular flexibility index (Phi) is 4.04. The molecule has 0 aromatic carbocycles. The van der Waals surface area contributed by atoms with Crippen molar-refractivity contribution in [2.45, 2.75) is 70.0 Å². The lowest BCUT2D eigenvalue weighted by atomic mass is 10.0. The van der Waals surface area contributed by atoms with Crippen LogP contribution >= 0.6 is 0 Å². The van der Waals surface area contributed by atoms with E-state index in [9.17, 15) is 0 Å². The van der Waals surface area contributed by atoms with Gasteiger partial charge in [-0.1, -0.05) is 32.6 Å². The number of hydrogen-bond donors (Lipinski definition) is 1. The Morgan fingerprint density at radius 1 is 1.13 bits per heavy atom. The summed E-state index contributed by atoms with van der Waals surface area (Å²) in [5.41, 5.74) is 0.199. The summed E-state index contributed by atoms with van der Waals surface area (Å²) in [6.45, 7) is 4.31. The van der Waals surface area contributed by atoms with E-state index >= 15 is 0 Å². The Labute approximate surface area is 93.8 Å². The molecule has 2 fully saturated rings. The summed E-state index contributed by atoms with van der Waals surface area (Å²) in [6.07, 6.45) is 11.2. The summed E-state index contributed by atoms with van der Waals surface area (Å²) in [4.78, 5) is 0. The van der Waals surface area contributed by atoms with Crippen LogP contribution in [0.4, 0.5) is 0 Å². The van der Waals surface area contributed by atoms with E-state index in [1.165, 1.54) is 51.4 Å². The van der Waals surface area contributed by atoms with E-state index in [2.05, 4.69) is 12.2 Å². The normalized spacial score (nSPS) is 26.2. The predicted octanol–water partition coefficient (Wildman–Crippen LogP) is 2.87. The molecule has 0 heterocycles. The van der Waals surface area contributed by atoms with Gasteiger partial charge in [-0.2, -0.15) is 0 Å². The minimum absolute atomic E-state index is 0.199. The smallest absolute Gasteiger partial charge is 0.0810 e. The van der Waals surface area contributed by atoms with Crippen LogP contribution in [0.2, 0.25) is 0 Å². The van der Waals surface area contributed by atoms with Crippen molar-refractivity contribution in [1.29, 1.82) is 0 Å². The SMILES string of the molecule is CCNCC1(OC2CCCC2)CCCC1. The molecule has 0 bridgehead atoms. The average molecular weight is 211 g/mol. The number of rotatable bonds is 5. The molecule has 0 aromatic heterocycles. The van der Waals surface area contributed by atoms with Gasteiger partial charge in [0.1, 0.15) is 0 Å². The van der Waals surface area contributed by atoms with Crippen molar-refractivity contribution < 1.29 is 4.74 Å². The second-order valence-corrected chi connectivity index (χ2v) is 5.19. The summed E-state index contributed by atoms with van der Waals surface area (Å²) in [5, 5.41) is 3.48. The van der Waals surface area contributed by atoms with Crippen LogP contribution in [0.5, 0.6) is 0 Å². The van der Waals surface area contributed by atoms with Gasteiger partial charge in [-0.15, -0.1) is 0 Å². The van der Waals surface area contributed by atoms with Gasteiger partial charge in [0.25, 0.3) is 0 Å². The maximum Gasteiger partial charge on any atom is 0.0810 e. The molecule has 0 aromatic rings. The molecule has 0 atom stereocenters. The van der Waals surface area contributed by atoms with Crippen LogP contribution in [0.25, 0.3) is 0 Å². The minimum Gasteiger partial charge on any atom is -0.370 e. The zero-order valence-corrected chi connectivity index (χ0v) is 10.1. The van der Waals surface area contributed by atoms with Crippen LogP contribution in [0.3, 0.4) is 0 Å². The second-order valence-electron chi connectivity index (χ2n) is 5.19. The van der Waals surface area contributed by atoms with Gasteiger partial charge in [-0.3, -0.25) is 0 Å². The van der Waals surface area contributed by atoms with Gasteiger partial charge in [0.2, 0.25) is 0 Å². The quantitative estimate of drug-likeness (QED) is 0.755. The predicted molar refractivity (Wildman–Crippen MR) is 63.1 cm³/mol. The lowest BCUT2D eigenvalue weighted by molar-refractivity contribution is -0.0852. The largest absolute Gasteiger partial charge is 0.370 e. The number of likely N-dealkylation sites (N-methyl/N-ethyl adjacent to an activating group) is 1. The van der Waals surface area contributed by atoms with Gasteiger partial charge in [0.05, 0.1) is 11.7 Å². The molecule has 2 aliphatic rings. The van der Waals surface area contributed by atoms with E-state index in [0.29, 0.717) is 6.10 Å². The van der Waals surface area contributed by atoms with Crippen molar-refractivity contribution in [2.24, 2.45) is 0 Å².